The summed E-state index contributed by atoms with van der Waals surface area (Å²) < 4.78 is 11.0. The van der Waals surface area contributed by atoms with E-state index in [2.05, 4.69) is 9.97 Å². The predicted molar refractivity (Wildman–Crippen MR) is 98.1 cm³/mol. The van der Waals surface area contributed by atoms with Crippen molar-refractivity contribution >= 4 is 5.91 Å². The summed E-state index contributed by atoms with van der Waals surface area (Å²) in [6.45, 7) is 4.48. The molecule has 6 heteroatoms. The second kappa shape index (κ2) is 8.17. The first-order valence-corrected chi connectivity index (χ1v) is 8.95. The average molecular weight is 355 g/mol. The summed E-state index contributed by atoms with van der Waals surface area (Å²) in [7, 11) is 1.59. The molecular formula is C20H25N3O3. The largest absolute Gasteiger partial charge is 0.495 e. The lowest BCUT2D eigenvalue weighted by molar-refractivity contribution is -0.131. The van der Waals surface area contributed by atoms with E-state index in [1.165, 1.54) is 0 Å². The molecule has 0 bridgehead atoms. The van der Waals surface area contributed by atoms with Gasteiger partial charge < -0.3 is 14.4 Å². The molecule has 2 aromatic heterocycles. The third-order valence-corrected chi connectivity index (χ3v) is 4.20. The van der Waals surface area contributed by atoms with Crippen molar-refractivity contribution in [2.45, 2.75) is 51.8 Å². The van der Waals surface area contributed by atoms with Crippen LogP contribution in [0.5, 0.6) is 11.6 Å². The van der Waals surface area contributed by atoms with Crippen molar-refractivity contribution in [3.63, 3.8) is 0 Å². The van der Waals surface area contributed by atoms with E-state index >= 15 is 0 Å². The van der Waals surface area contributed by atoms with Gasteiger partial charge in [0, 0.05) is 31.0 Å². The summed E-state index contributed by atoms with van der Waals surface area (Å²) in [6, 6.07) is 7.77. The van der Waals surface area contributed by atoms with Gasteiger partial charge in [-0.15, -0.1) is 0 Å². The summed E-state index contributed by atoms with van der Waals surface area (Å²) in [5, 5.41) is 0. The van der Waals surface area contributed by atoms with Crippen LogP contribution in [-0.2, 0) is 17.8 Å². The molecule has 1 amide bonds. The molecule has 3 rings (SSSR count). The summed E-state index contributed by atoms with van der Waals surface area (Å²) in [5.41, 5.74) is 1.69. The van der Waals surface area contributed by atoms with Gasteiger partial charge in [-0.2, -0.15) is 0 Å². The van der Waals surface area contributed by atoms with Gasteiger partial charge in [-0.1, -0.05) is 0 Å². The Morgan fingerprint density at radius 2 is 2.08 bits per heavy atom. The lowest BCUT2D eigenvalue weighted by Gasteiger charge is -2.23. The number of aromatic nitrogens is 2. The first kappa shape index (κ1) is 18.2. The first-order chi connectivity index (χ1) is 12.6. The maximum atomic E-state index is 12.9. The minimum absolute atomic E-state index is 0.0626. The normalized spacial score (nSPS) is 13.5. The van der Waals surface area contributed by atoms with E-state index < -0.39 is 0 Å². The highest BCUT2D eigenvalue weighted by Gasteiger charge is 2.33. The maximum Gasteiger partial charge on any atom is 0.229 e. The van der Waals surface area contributed by atoms with Gasteiger partial charge in [0.05, 0.1) is 25.3 Å². The maximum absolute atomic E-state index is 12.9. The number of amides is 1. The Kier molecular flexibility index (Phi) is 5.71. The number of hydrogen-bond donors (Lipinski definition) is 0. The Morgan fingerprint density at radius 1 is 1.27 bits per heavy atom. The molecule has 1 fully saturated rings. The monoisotopic (exact) mass is 355 g/mol. The molecule has 0 N–H and O–H groups in total. The molecule has 0 atom stereocenters. The summed E-state index contributed by atoms with van der Waals surface area (Å²) in [5.74, 6) is 1.30. The van der Waals surface area contributed by atoms with Crippen molar-refractivity contribution in [3.8, 4) is 11.6 Å². The molecule has 26 heavy (non-hydrogen) atoms. The first-order valence-electron chi connectivity index (χ1n) is 8.95. The van der Waals surface area contributed by atoms with E-state index in [-0.39, 0.29) is 18.4 Å². The zero-order valence-electron chi connectivity index (χ0n) is 15.5. The summed E-state index contributed by atoms with van der Waals surface area (Å²) >= 11 is 0. The Morgan fingerprint density at radius 3 is 2.77 bits per heavy atom. The summed E-state index contributed by atoms with van der Waals surface area (Å²) in [4.78, 5) is 23.4. The van der Waals surface area contributed by atoms with Gasteiger partial charge >= 0.3 is 0 Å². The molecule has 0 unspecified atom stereocenters. The van der Waals surface area contributed by atoms with Crippen LogP contribution in [0.15, 0.2) is 36.7 Å². The molecule has 138 valence electrons. The van der Waals surface area contributed by atoms with Gasteiger partial charge in [0.1, 0.15) is 5.75 Å². The molecule has 6 nitrogen and oxygen atoms in total. The standard InChI is InChI=1S/C20H25N3O3/c1-14(2)26-19-11-15(8-10-22-19)13-23(16-6-7-16)20(24)12-17-18(25-3)5-4-9-21-17/h4-5,8-11,14,16H,6-7,12-13H2,1-3H3. The second-order valence-corrected chi connectivity index (χ2v) is 6.75. The lowest BCUT2D eigenvalue weighted by atomic mass is 10.2. The Balaban J connectivity index is 1.72. The lowest BCUT2D eigenvalue weighted by Crippen LogP contribution is -2.34. The number of carbonyl (C=O) groups excluding carboxylic acids is 1. The van der Waals surface area contributed by atoms with Crippen LogP contribution in [0.3, 0.4) is 0 Å². The van der Waals surface area contributed by atoms with Crippen LogP contribution >= 0.6 is 0 Å². The minimum Gasteiger partial charge on any atom is -0.495 e. The van der Waals surface area contributed by atoms with Crippen LogP contribution in [0, 0.1) is 0 Å². The van der Waals surface area contributed by atoms with Crippen molar-refractivity contribution in [3.05, 3.63) is 47.9 Å². The smallest absolute Gasteiger partial charge is 0.229 e. The zero-order valence-corrected chi connectivity index (χ0v) is 15.5. The number of carbonyl (C=O) groups is 1. The van der Waals surface area contributed by atoms with Crippen molar-refractivity contribution in [1.29, 1.82) is 0 Å². The van der Waals surface area contributed by atoms with Crippen LogP contribution in [0.2, 0.25) is 0 Å². The van der Waals surface area contributed by atoms with Gasteiger partial charge in [0.15, 0.2) is 0 Å². The number of hydrogen-bond acceptors (Lipinski definition) is 5. The Hall–Kier alpha value is -2.63. The molecule has 0 aliphatic heterocycles. The van der Waals surface area contributed by atoms with Gasteiger partial charge in [0.25, 0.3) is 0 Å². The van der Waals surface area contributed by atoms with Crippen molar-refractivity contribution in [1.82, 2.24) is 14.9 Å². The van der Waals surface area contributed by atoms with Crippen LogP contribution in [0.4, 0.5) is 0 Å². The van der Waals surface area contributed by atoms with E-state index in [9.17, 15) is 4.79 Å². The van der Waals surface area contributed by atoms with Crippen LogP contribution in [0.1, 0.15) is 37.9 Å². The quantitative estimate of drug-likeness (QED) is 0.728. The second-order valence-electron chi connectivity index (χ2n) is 6.75. The van der Waals surface area contributed by atoms with E-state index in [1.807, 2.05) is 36.9 Å². The van der Waals surface area contributed by atoms with E-state index in [0.717, 1.165) is 18.4 Å². The number of nitrogens with zero attached hydrogens (tertiary/aromatic N) is 3. The van der Waals surface area contributed by atoms with Gasteiger partial charge in [-0.05, 0) is 50.5 Å². The van der Waals surface area contributed by atoms with Crippen LogP contribution < -0.4 is 9.47 Å². The predicted octanol–water partition coefficient (Wildman–Crippen LogP) is 3.01. The van der Waals surface area contributed by atoms with Crippen molar-refractivity contribution in [2.75, 3.05) is 7.11 Å². The number of methoxy groups -OCH3 is 1. The molecule has 1 saturated carbocycles. The molecule has 2 aromatic rings. The fourth-order valence-electron chi connectivity index (χ4n) is 2.85. The highest BCUT2D eigenvalue weighted by molar-refractivity contribution is 5.79. The third kappa shape index (κ3) is 4.71. The molecule has 1 aliphatic rings. The van der Waals surface area contributed by atoms with Crippen LogP contribution in [0.25, 0.3) is 0 Å². The Labute approximate surface area is 154 Å². The summed E-state index contributed by atoms with van der Waals surface area (Å²) in [6.07, 6.45) is 5.81. The topological polar surface area (TPSA) is 64.5 Å². The van der Waals surface area contributed by atoms with Gasteiger partial charge in [-0.3, -0.25) is 9.78 Å². The van der Waals surface area contributed by atoms with Crippen molar-refractivity contribution in [2.24, 2.45) is 0 Å². The fraction of sp³-hybridized carbons (Fsp3) is 0.450. The van der Waals surface area contributed by atoms with E-state index in [1.54, 1.807) is 25.6 Å². The number of pyridine rings is 2. The molecular weight excluding hydrogens is 330 g/mol. The highest BCUT2D eigenvalue weighted by atomic mass is 16.5. The highest BCUT2D eigenvalue weighted by Crippen LogP contribution is 2.30. The average Bonchev–Trinajstić information content (AvgIpc) is 3.45. The number of ether oxygens (including phenoxy) is 2. The molecule has 1 aliphatic carbocycles. The molecule has 0 spiro atoms. The van der Waals surface area contributed by atoms with Crippen LogP contribution in [-0.4, -0.2) is 40.0 Å². The fourth-order valence-corrected chi connectivity index (χ4v) is 2.85. The SMILES string of the molecule is COc1cccnc1CC(=O)N(Cc1ccnc(OC(C)C)c1)C1CC1. The van der Waals surface area contributed by atoms with Gasteiger partial charge in [-0.25, -0.2) is 4.98 Å². The van der Waals surface area contributed by atoms with E-state index in [4.69, 9.17) is 9.47 Å². The van der Waals surface area contributed by atoms with Crippen molar-refractivity contribution < 1.29 is 14.3 Å². The minimum atomic E-state index is 0.0626. The third-order valence-electron chi connectivity index (χ3n) is 4.20. The zero-order chi connectivity index (χ0) is 18.5. The number of rotatable bonds is 8. The van der Waals surface area contributed by atoms with Gasteiger partial charge in [0.2, 0.25) is 11.8 Å². The molecule has 0 radical (unpaired) electrons. The van der Waals surface area contributed by atoms with E-state index in [0.29, 0.717) is 29.9 Å². The molecule has 0 saturated heterocycles. The molecule has 2 heterocycles. The Bertz CT molecular complexity index is 759. The molecule has 0 aromatic carbocycles.